The van der Waals surface area contributed by atoms with Crippen LogP contribution in [0, 0.1) is 0 Å². The number of rotatable bonds is 5. The Morgan fingerprint density at radius 3 is 2.33 bits per heavy atom. The van der Waals surface area contributed by atoms with E-state index in [4.69, 9.17) is 16.2 Å². The molecule has 3 nitrogen and oxygen atoms in total. The highest BCUT2D eigenvalue weighted by atomic mass is 19.1. The molecule has 15 heavy (non-hydrogen) atoms. The zero-order valence-electron chi connectivity index (χ0n) is 8.82. The summed E-state index contributed by atoms with van der Waals surface area (Å²) in [6, 6.07) is 6.90. The minimum Gasteiger partial charge on any atom is -0.375 e. The maximum atomic E-state index is 12.4. The van der Waals surface area contributed by atoms with E-state index in [-0.39, 0.29) is 0 Å². The normalized spacial score (nSPS) is 14.9. The molecular formula is C11H17FN2O. The van der Waals surface area contributed by atoms with Crippen LogP contribution in [0.1, 0.15) is 17.2 Å². The van der Waals surface area contributed by atoms with Gasteiger partial charge < -0.3 is 16.2 Å². The Labute approximate surface area is 89.2 Å². The number of hydrogen-bond acceptors (Lipinski definition) is 3. The molecule has 0 fully saturated rings. The lowest BCUT2D eigenvalue weighted by atomic mass is 10.0. The van der Waals surface area contributed by atoms with Crippen molar-refractivity contribution in [1.82, 2.24) is 0 Å². The Balaban J connectivity index is 2.83. The molecule has 1 aromatic carbocycles. The van der Waals surface area contributed by atoms with Crippen LogP contribution >= 0.6 is 0 Å². The van der Waals surface area contributed by atoms with E-state index >= 15 is 0 Å². The molecule has 1 rings (SSSR count). The van der Waals surface area contributed by atoms with Crippen LogP contribution < -0.4 is 11.5 Å². The highest BCUT2D eigenvalue weighted by molar-refractivity contribution is 5.25. The van der Waals surface area contributed by atoms with Gasteiger partial charge in [0.05, 0.1) is 12.1 Å². The van der Waals surface area contributed by atoms with E-state index in [0.29, 0.717) is 6.54 Å². The molecule has 4 heteroatoms. The van der Waals surface area contributed by atoms with Gasteiger partial charge in [0.2, 0.25) is 0 Å². The number of halogens is 1. The van der Waals surface area contributed by atoms with Crippen molar-refractivity contribution in [3.63, 3.8) is 0 Å². The lowest BCUT2D eigenvalue weighted by Gasteiger charge is -2.20. The molecule has 0 heterocycles. The van der Waals surface area contributed by atoms with Gasteiger partial charge in [0, 0.05) is 13.7 Å². The highest BCUT2D eigenvalue weighted by Gasteiger charge is 2.18. The Hall–Kier alpha value is -0.970. The van der Waals surface area contributed by atoms with E-state index in [9.17, 15) is 4.39 Å². The van der Waals surface area contributed by atoms with Crippen LogP contribution in [-0.2, 0) is 11.3 Å². The summed E-state index contributed by atoms with van der Waals surface area (Å²) in [4.78, 5) is 0. The van der Waals surface area contributed by atoms with Crippen molar-refractivity contribution in [1.29, 1.82) is 0 Å². The van der Waals surface area contributed by atoms with Gasteiger partial charge in [-0.2, -0.15) is 0 Å². The Bertz CT molecular complexity index is 289. The number of methoxy groups -OCH3 is 1. The second-order valence-electron chi connectivity index (χ2n) is 3.42. The molecule has 0 spiro atoms. The van der Waals surface area contributed by atoms with Crippen molar-refractivity contribution in [2.24, 2.45) is 11.5 Å². The van der Waals surface area contributed by atoms with Gasteiger partial charge in [-0.1, -0.05) is 24.3 Å². The highest BCUT2D eigenvalue weighted by Crippen LogP contribution is 2.20. The van der Waals surface area contributed by atoms with Crippen molar-refractivity contribution in [2.75, 3.05) is 13.8 Å². The summed E-state index contributed by atoms with van der Waals surface area (Å²) in [7, 11) is 1.52. The van der Waals surface area contributed by atoms with Crippen LogP contribution in [0.3, 0.4) is 0 Å². The van der Waals surface area contributed by atoms with E-state index < -0.39 is 18.8 Å². The molecule has 0 saturated carbocycles. The number of ether oxygens (including phenoxy) is 1. The molecule has 4 N–H and O–H groups in total. The largest absolute Gasteiger partial charge is 0.375 e. The Morgan fingerprint density at radius 2 is 1.93 bits per heavy atom. The van der Waals surface area contributed by atoms with Gasteiger partial charge in [0.1, 0.15) is 6.67 Å². The molecule has 0 bridgehead atoms. The smallest absolute Gasteiger partial charge is 0.107 e. The fraction of sp³-hybridized carbons (Fsp3) is 0.455. The molecule has 0 aliphatic carbocycles. The maximum Gasteiger partial charge on any atom is 0.107 e. The van der Waals surface area contributed by atoms with Crippen LogP contribution in [-0.4, -0.2) is 19.8 Å². The average Bonchev–Trinajstić information content (AvgIpc) is 2.30. The summed E-state index contributed by atoms with van der Waals surface area (Å²) in [5, 5.41) is 0. The van der Waals surface area contributed by atoms with E-state index in [0.717, 1.165) is 11.1 Å². The average molecular weight is 212 g/mol. The monoisotopic (exact) mass is 212 g/mol. The molecule has 0 aliphatic heterocycles. The number of nitrogens with two attached hydrogens (primary N) is 2. The van der Waals surface area contributed by atoms with Gasteiger partial charge in [-0.05, 0) is 11.1 Å². The minimum atomic E-state index is -0.626. The van der Waals surface area contributed by atoms with Crippen molar-refractivity contribution >= 4 is 0 Å². The van der Waals surface area contributed by atoms with Gasteiger partial charge in [-0.3, -0.25) is 0 Å². The first-order chi connectivity index (χ1) is 7.22. The molecule has 1 aromatic rings. The van der Waals surface area contributed by atoms with E-state index in [1.54, 1.807) is 0 Å². The van der Waals surface area contributed by atoms with Crippen LogP contribution in [0.25, 0.3) is 0 Å². The minimum absolute atomic E-state index is 0.401. The SMILES string of the molecule is COC(c1ccc(CN)cc1)C(N)CF. The third-order valence-corrected chi connectivity index (χ3v) is 2.36. The topological polar surface area (TPSA) is 61.3 Å². The van der Waals surface area contributed by atoms with Gasteiger partial charge in [0.15, 0.2) is 0 Å². The fourth-order valence-electron chi connectivity index (χ4n) is 1.48. The molecule has 2 atom stereocenters. The van der Waals surface area contributed by atoms with Gasteiger partial charge in [0.25, 0.3) is 0 Å². The van der Waals surface area contributed by atoms with E-state index in [1.165, 1.54) is 7.11 Å². The zero-order valence-corrected chi connectivity index (χ0v) is 8.82. The van der Waals surface area contributed by atoms with Crippen LogP contribution in [0.5, 0.6) is 0 Å². The molecule has 0 amide bonds. The first-order valence-electron chi connectivity index (χ1n) is 4.86. The lowest BCUT2D eigenvalue weighted by Crippen LogP contribution is -2.31. The summed E-state index contributed by atoms with van der Waals surface area (Å²) in [5.74, 6) is 0. The number of benzene rings is 1. The predicted molar refractivity (Wildman–Crippen MR) is 58.0 cm³/mol. The van der Waals surface area contributed by atoms with Gasteiger partial charge in [-0.25, -0.2) is 4.39 Å². The number of alkyl halides is 1. The van der Waals surface area contributed by atoms with E-state index in [1.807, 2.05) is 24.3 Å². The van der Waals surface area contributed by atoms with E-state index in [2.05, 4.69) is 0 Å². The Morgan fingerprint density at radius 1 is 1.33 bits per heavy atom. The third kappa shape index (κ3) is 2.99. The standard InChI is InChI=1S/C11H17FN2O/c1-15-11(10(14)6-12)9-4-2-8(7-13)3-5-9/h2-5,10-11H,6-7,13-14H2,1H3. The number of hydrogen-bond donors (Lipinski definition) is 2. The molecule has 0 aromatic heterocycles. The molecular weight excluding hydrogens is 195 g/mol. The Kier molecular flexibility index (Phi) is 4.68. The quantitative estimate of drug-likeness (QED) is 0.769. The van der Waals surface area contributed by atoms with Crippen LogP contribution in [0.4, 0.5) is 4.39 Å². The lowest BCUT2D eigenvalue weighted by molar-refractivity contribution is 0.0720. The molecule has 0 radical (unpaired) electrons. The van der Waals surface area contributed by atoms with Crippen LogP contribution in [0.15, 0.2) is 24.3 Å². The van der Waals surface area contributed by atoms with Crippen molar-refractivity contribution in [3.05, 3.63) is 35.4 Å². The van der Waals surface area contributed by atoms with Crippen molar-refractivity contribution in [3.8, 4) is 0 Å². The molecule has 2 unspecified atom stereocenters. The van der Waals surface area contributed by atoms with Gasteiger partial charge >= 0.3 is 0 Å². The maximum absolute atomic E-state index is 12.4. The second kappa shape index (κ2) is 5.80. The third-order valence-electron chi connectivity index (χ3n) is 2.36. The second-order valence-corrected chi connectivity index (χ2v) is 3.42. The molecule has 0 aliphatic rings. The van der Waals surface area contributed by atoms with Crippen molar-refractivity contribution in [2.45, 2.75) is 18.7 Å². The first kappa shape index (κ1) is 12.1. The summed E-state index contributed by atoms with van der Waals surface area (Å²) < 4.78 is 17.6. The predicted octanol–water partition coefficient (Wildman–Crippen LogP) is 1.13. The molecule has 0 saturated heterocycles. The molecule has 84 valence electrons. The van der Waals surface area contributed by atoms with Crippen molar-refractivity contribution < 1.29 is 9.13 Å². The summed E-state index contributed by atoms with van der Waals surface area (Å²) >= 11 is 0. The summed E-state index contributed by atoms with van der Waals surface area (Å²) in [6.45, 7) is -0.107. The van der Waals surface area contributed by atoms with Gasteiger partial charge in [-0.15, -0.1) is 0 Å². The summed E-state index contributed by atoms with van der Waals surface area (Å²) in [5.41, 5.74) is 13.0. The summed E-state index contributed by atoms with van der Waals surface area (Å²) in [6.07, 6.45) is -0.401. The van der Waals surface area contributed by atoms with Crippen LogP contribution in [0.2, 0.25) is 0 Å². The zero-order chi connectivity index (χ0) is 11.3. The first-order valence-corrected chi connectivity index (χ1v) is 4.86. The fourth-order valence-corrected chi connectivity index (χ4v) is 1.48.